The van der Waals surface area contributed by atoms with Crippen LogP contribution in [0.4, 0.5) is 4.79 Å². The van der Waals surface area contributed by atoms with Crippen molar-refractivity contribution in [3.8, 4) is 11.5 Å². The molecule has 1 saturated carbocycles. The third kappa shape index (κ3) is 12.4. The van der Waals surface area contributed by atoms with E-state index in [0.29, 0.717) is 43.3 Å². The molecule has 64 heavy (non-hydrogen) atoms. The predicted octanol–water partition coefficient (Wildman–Crippen LogP) is 7.75. The number of hydrogen-bond acceptors (Lipinski definition) is 12. The Kier molecular flexibility index (Phi) is 19.3. The first kappa shape index (κ1) is 48.4. The van der Waals surface area contributed by atoms with Crippen molar-refractivity contribution in [3.63, 3.8) is 0 Å². The molecular weight excluding hydrogens is 817 g/mol. The molecule has 1 aliphatic heterocycles. The summed E-state index contributed by atoms with van der Waals surface area (Å²) < 4.78 is 38.2. The monoisotopic (exact) mass is 882 g/mol. The number of hydrogen-bond donors (Lipinski definition) is 3. The van der Waals surface area contributed by atoms with Crippen LogP contribution in [0.5, 0.6) is 11.5 Å². The van der Waals surface area contributed by atoms with Gasteiger partial charge < -0.3 is 48.6 Å². The van der Waals surface area contributed by atoms with Crippen LogP contribution in [0.2, 0.25) is 0 Å². The van der Waals surface area contributed by atoms with Crippen molar-refractivity contribution in [3.05, 3.63) is 133 Å². The molecule has 6 rings (SSSR count). The van der Waals surface area contributed by atoms with Crippen molar-refractivity contribution < 1.29 is 53.4 Å². The van der Waals surface area contributed by atoms with Gasteiger partial charge >= 0.3 is 6.09 Å². The number of ether oxygens (including phenoxy) is 6. The van der Waals surface area contributed by atoms with Crippen LogP contribution >= 0.6 is 0 Å². The lowest BCUT2D eigenvalue weighted by Crippen LogP contribution is -2.70. The quantitative estimate of drug-likeness (QED) is 0.0372. The molecule has 6 unspecified atom stereocenters. The Balaban J connectivity index is 1.49. The zero-order valence-electron chi connectivity index (χ0n) is 37.0. The Hall–Kier alpha value is -5.02. The number of aliphatic hydroxyl groups is 3. The van der Waals surface area contributed by atoms with Gasteiger partial charge in [0.2, 0.25) is 5.79 Å². The fourth-order valence-corrected chi connectivity index (χ4v) is 9.39. The molecule has 3 N–H and O–H groups in total. The fourth-order valence-electron chi connectivity index (χ4n) is 9.39. The van der Waals surface area contributed by atoms with Crippen LogP contribution in [-0.4, -0.2) is 110 Å². The summed E-state index contributed by atoms with van der Waals surface area (Å²) in [5.41, 5.74) is 4.46. The van der Waals surface area contributed by atoms with Gasteiger partial charge in [-0.2, -0.15) is 0 Å². The minimum atomic E-state index is -1.50. The molecule has 2 aliphatic carbocycles. The van der Waals surface area contributed by atoms with Crippen LogP contribution in [0.1, 0.15) is 67.6 Å². The summed E-state index contributed by atoms with van der Waals surface area (Å²) in [5.74, 6) is -0.907. The van der Waals surface area contributed by atoms with Gasteiger partial charge in [0.05, 0.1) is 51.3 Å². The van der Waals surface area contributed by atoms with E-state index in [1.54, 1.807) is 17.1 Å². The lowest BCUT2D eigenvalue weighted by molar-refractivity contribution is -0.256. The molecule has 3 aromatic carbocycles. The highest BCUT2D eigenvalue weighted by molar-refractivity contribution is 6.03. The first-order valence-corrected chi connectivity index (χ1v) is 22.7. The lowest BCUT2D eigenvalue weighted by Gasteiger charge is -2.59. The molecule has 13 heteroatoms. The first-order valence-electron chi connectivity index (χ1n) is 22.7. The molecule has 6 atom stereocenters. The number of benzene rings is 3. The Labute approximate surface area is 377 Å². The SMILES string of the molecule is C=CCOc1ccc2c(c1)C1C(CCCCO)C(CCCCO)C=C3C(=NOCc4ccccc4)CC(N(CCOCCO)C(=O)OCCOCc4ccccc4)C(OCC=C)(O2)C31. The molecule has 1 amide bonds. The van der Waals surface area contributed by atoms with E-state index < -0.39 is 23.8 Å². The molecule has 0 aromatic heterocycles. The van der Waals surface area contributed by atoms with E-state index in [-0.39, 0.29) is 90.2 Å². The van der Waals surface area contributed by atoms with Crippen molar-refractivity contribution >= 4 is 11.8 Å². The van der Waals surface area contributed by atoms with E-state index in [9.17, 15) is 20.1 Å². The van der Waals surface area contributed by atoms with Gasteiger partial charge in [0.1, 0.15) is 37.4 Å². The maximum absolute atomic E-state index is 14.7. The second kappa shape index (κ2) is 25.5. The number of oxime groups is 1. The third-order valence-electron chi connectivity index (χ3n) is 12.1. The average molecular weight is 883 g/mol. The Bertz CT molecular complexity index is 1960. The predicted molar refractivity (Wildman–Crippen MR) is 244 cm³/mol. The highest BCUT2D eigenvalue weighted by Gasteiger charge is 2.65. The third-order valence-corrected chi connectivity index (χ3v) is 12.1. The van der Waals surface area contributed by atoms with Crippen LogP contribution in [0.25, 0.3) is 0 Å². The van der Waals surface area contributed by atoms with Crippen LogP contribution in [0.15, 0.2) is 121 Å². The smallest absolute Gasteiger partial charge is 0.410 e. The van der Waals surface area contributed by atoms with Crippen molar-refractivity contribution in [1.29, 1.82) is 0 Å². The molecule has 0 bridgehead atoms. The molecule has 1 fully saturated rings. The maximum atomic E-state index is 14.7. The summed E-state index contributed by atoms with van der Waals surface area (Å²) in [7, 11) is 0. The number of unbranched alkanes of at least 4 members (excludes halogenated alkanes) is 2. The molecule has 346 valence electrons. The van der Waals surface area contributed by atoms with Crippen LogP contribution in [-0.2, 0) is 37.0 Å². The van der Waals surface area contributed by atoms with Crippen LogP contribution in [0, 0.1) is 17.8 Å². The van der Waals surface area contributed by atoms with Gasteiger partial charge in [-0.1, -0.05) is 103 Å². The van der Waals surface area contributed by atoms with Crippen molar-refractivity contribution in [2.75, 3.05) is 66.0 Å². The zero-order chi connectivity index (χ0) is 45.0. The van der Waals surface area contributed by atoms with E-state index in [2.05, 4.69) is 19.2 Å². The molecule has 1 heterocycles. The normalized spacial score (nSPS) is 22.6. The highest BCUT2D eigenvalue weighted by atomic mass is 16.7. The van der Waals surface area contributed by atoms with E-state index in [1.807, 2.05) is 78.9 Å². The molecule has 13 nitrogen and oxygen atoms in total. The van der Waals surface area contributed by atoms with Crippen molar-refractivity contribution in [2.24, 2.45) is 22.9 Å². The Morgan fingerprint density at radius 3 is 2.23 bits per heavy atom. The van der Waals surface area contributed by atoms with E-state index >= 15 is 0 Å². The molecular formula is C51H66N2O11. The summed E-state index contributed by atoms with van der Waals surface area (Å²) in [6.45, 7) is 9.31. The van der Waals surface area contributed by atoms with Gasteiger partial charge in [0.25, 0.3) is 0 Å². The van der Waals surface area contributed by atoms with E-state index in [0.717, 1.165) is 47.9 Å². The number of nitrogens with zero attached hydrogens (tertiary/aromatic N) is 2. The number of fused-ring (bicyclic) bond motifs is 2. The number of amides is 1. The number of rotatable bonds is 28. The summed E-state index contributed by atoms with van der Waals surface area (Å²) in [4.78, 5) is 22.5. The molecule has 3 aliphatic rings. The summed E-state index contributed by atoms with van der Waals surface area (Å²) in [6.07, 6.45) is 9.75. The van der Waals surface area contributed by atoms with Crippen LogP contribution < -0.4 is 9.47 Å². The van der Waals surface area contributed by atoms with Gasteiger partial charge in [0.15, 0.2) is 0 Å². The highest BCUT2D eigenvalue weighted by Crippen LogP contribution is 2.62. The lowest BCUT2D eigenvalue weighted by atomic mass is 9.55. The molecule has 0 radical (unpaired) electrons. The van der Waals surface area contributed by atoms with Gasteiger partial charge in [-0.3, -0.25) is 4.90 Å². The Morgan fingerprint density at radius 1 is 0.812 bits per heavy atom. The standard InChI is InChI=1S/C51H66N2O11/c1-3-27-60-41-21-22-46-44(34-41)48-42(20-12-14-25-55)40(19-11-13-24-54)33-43-45(52-63-37-39-17-9-6-10-18-39)35-47(51(64-46,49(43)48)62-28-4-2)53(23-29-58-30-26-56)50(57)61-32-31-59-36-38-15-7-5-8-16-38/h3-10,15-18,21-22,33-34,40,42,47-49,54-56H,1-2,11-14,19-20,23-32,35-37H2. The zero-order valence-corrected chi connectivity index (χ0v) is 37.0. The van der Waals surface area contributed by atoms with Crippen LogP contribution in [0.3, 0.4) is 0 Å². The first-order chi connectivity index (χ1) is 31.5. The average Bonchev–Trinajstić information content (AvgIpc) is 3.32. The van der Waals surface area contributed by atoms with Gasteiger partial charge in [0, 0.05) is 37.7 Å². The minimum absolute atomic E-state index is 0.00906. The second-order valence-electron chi connectivity index (χ2n) is 16.3. The number of carbonyl (C=O) groups is 1. The fraction of sp³-hybridized carbons (Fsp3) is 0.490. The number of aliphatic hydroxyl groups excluding tert-OH is 3. The minimum Gasteiger partial charge on any atom is -0.490 e. The second-order valence-corrected chi connectivity index (χ2v) is 16.3. The van der Waals surface area contributed by atoms with E-state index in [4.69, 9.17) is 38.4 Å². The van der Waals surface area contributed by atoms with E-state index in [1.165, 1.54) is 0 Å². The van der Waals surface area contributed by atoms with Gasteiger partial charge in [-0.05, 0) is 72.4 Å². The summed E-state index contributed by atoms with van der Waals surface area (Å²) in [6, 6.07) is 24.6. The number of allylic oxidation sites excluding steroid dienone is 1. The van der Waals surface area contributed by atoms with Gasteiger partial charge in [-0.25, -0.2) is 4.79 Å². The van der Waals surface area contributed by atoms with Crippen molar-refractivity contribution in [1.82, 2.24) is 4.90 Å². The molecule has 0 spiro atoms. The Morgan fingerprint density at radius 2 is 1.53 bits per heavy atom. The molecule has 3 aromatic rings. The number of carbonyl (C=O) groups excluding carboxylic acids is 1. The largest absolute Gasteiger partial charge is 0.490 e. The molecule has 0 saturated heterocycles. The maximum Gasteiger partial charge on any atom is 0.410 e. The van der Waals surface area contributed by atoms with Gasteiger partial charge in [-0.15, -0.1) is 6.58 Å². The van der Waals surface area contributed by atoms with Crippen molar-refractivity contribution in [2.45, 2.75) is 75.9 Å². The summed E-state index contributed by atoms with van der Waals surface area (Å²) >= 11 is 0. The summed E-state index contributed by atoms with van der Waals surface area (Å²) in [5, 5.41) is 34.4. The topological polar surface area (TPSA) is 158 Å².